The number of nitrogens with zero attached hydrogens (tertiary/aromatic N) is 2. The van der Waals surface area contributed by atoms with Gasteiger partial charge in [-0.1, -0.05) is 29.8 Å². The predicted octanol–water partition coefficient (Wildman–Crippen LogP) is 4.99. The van der Waals surface area contributed by atoms with E-state index in [1.165, 1.54) is 4.90 Å². The summed E-state index contributed by atoms with van der Waals surface area (Å²) < 4.78 is 10.5. The fourth-order valence-corrected chi connectivity index (χ4v) is 2.33. The zero-order valence-electron chi connectivity index (χ0n) is 16.6. The summed E-state index contributed by atoms with van der Waals surface area (Å²) in [5.74, 6) is 0. The highest BCUT2D eigenvalue weighted by atomic mass is 35.5. The van der Waals surface area contributed by atoms with E-state index in [0.717, 1.165) is 5.56 Å². The molecule has 0 N–H and O–H groups in total. The number of hydrogen-bond donors (Lipinski definition) is 0. The second kappa shape index (κ2) is 9.12. The Morgan fingerprint density at radius 1 is 1.12 bits per heavy atom. The molecule has 146 valence electrons. The van der Waals surface area contributed by atoms with Gasteiger partial charge in [0, 0.05) is 13.1 Å². The van der Waals surface area contributed by atoms with Gasteiger partial charge >= 0.3 is 12.2 Å². The summed E-state index contributed by atoms with van der Waals surface area (Å²) in [4.78, 5) is 27.7. The molecular formula is C19H29ClN2O4. The number of amides is 2. The van der Waals surface area contributed by atoms with Crippen molar-refractivity contribution in [2.45, 2.75) is 65.3 Å². The van der Waals surface area contributed by atoms with Crippen molar-refractivity contribution in [1.82, 2.24) is 4.90 Å². The van der Waals surface area contributed by atoms with Gasteiger partial charge in [-0.3, -0.25) is 4.90 Å². The Bertz CT molecular complexity index is 626. The molecule has 6 nitrogen and oxygen atoms in total. The van der Waals surface area contributed by atoms with Crippen molar-refractivity contribution in [3.8, 4) is 0 Å². The van der Waals surface area contributed by atoms with E-state index < -0.39 is 23.4 Å². The number of benzene rings is 1. The highest BCUT2D eigenvalue weighted by Crippen LogP contribution is 2.24. The van der Waals surface area contributed by atoms with E-state index in [1.807, 2.05) is 52.8 Å². The van der Waals surface area contributed by atoms with E-state index in [-0.39, 0.29) is 6.04 Å². The minimum atomic E-state index is -0.731. The molecule has 0 heterocycles. The van der Waals surface area contributed by atoms with E-state index in [1.54, 1.807) is 24.9 Å². The number of halogens is 1. The second-order valence-electron chi connectivity index (χ2n) is 7.32. The molecule has 7 heteroatoms. The minimum absolute atomic E-state index is 0.0713. The number of ether oxygens (including phenoxy) is 2. The summed E-state index contributed by atoms with van der Waals surface area (Å²) in [6, 6.07) is 7.26. The first-order valence-electron chi connectivity index (χ1n) is 8.58. The number of para-hydroxylation sites is 1. The van der Waals surface area contributed by atoms with Crippen molar-refractivity contribution >= 4 is 29.5 Å². The van der Waals surface area contributed by atoms with Gasteiger partial charge in [0.15, 0.2) is 5.56 Å². The lowest BCUT2D eigenvalue weighted by Gasteiger charge is -2.31. The monoisotopic (exact) mass is 384 g/mol. The third-order valence-electron chi connectivity index (χ3n) is 3.48. The second-order valence-corrected chi connectivity index (χ2v) is 7.93. The molecule has 0 aliphatic rings. The average Bonchev–Trinajstić information content (AvgIpc) is 2.49. The normalized spacial score (nSPS) is 12.5. The number of carbonyl (C=O) groups excluding carboxylic acids is 2. The van der Waals surface area contributed by atoms with Gasteiger partial charge in [-0.2, -0.15) is 0 Å². The number of anilines is 1. The Morgan fingerprint density at radius 3 is 2.19 bits per heavy atom. The zero-order chi connectivity index (χ0) is 20.1. The van der Waals surface area contributed by atoms with Crippen LogP contribution < -0.4 is 4.90 Å². The third-order valence-corrected chi connectivity index (χ3v) is 3.57. The molecule has 0 saturated carbocycles. The van der Waals surface area contributed by atoms with Crippen LogP contribution in [0.1, 0.15) is 47.1 Å². The van der Waals surface area contributed by atoms with Crippen LogP contribution in [0.5, 0.6) is 0 Å². The maximum atomic E-state index is 12.5. The first kappa shape index (κ1) is 22.1. The van der Waals surface area contributed by atoms with E-state index in [0.29, 0.717) is 12.2 Å². The summed E-state index contributed by atoms with van der Waals surface area (Å²) in [5.41, 5.74) is 0.129. The summed E-state index contributed by atoms with van der Waals surface area (Å²) in [6.07, 6.45) is -0.963. The van der Waals surface area contributed by atoms with Crippen LogP contribution in [0.4, 0.5) is 15.3 Å². The molecule has 1 aromatic rings. The van der Waals surface area contributed by atoms with Gasteiger partial charge in [0.1, 0.15) is 5.60 Å². The molecular weight excluding hydrogens is 356 g/mol. The lowest BCUT2D eigenvalue weighted by molar-refractivity contribution is 0.0172. The lowest BCUT2D eigenvalue weighted by Crippen LogP contribution is -2.41. The first-order valence-corrected chi connectivity index (χ1v) is 9.02. The fraction of sp³-hybridized carbons (Fsp3) is 0.579. The highest BCUT2D eigenvalue weighted by molar-refractivity contribution is 6.20. The Hall–Kier alpha value is -1.95. The lowest BCUT2D eigenvalue weighted by atomic mass is 10.1. The van der Waals surface area contributed by atoms with Gasteiger partial charge in [-0.05, 0) is 53.2 Å². The SMILES string of the molecule is CC(Cl)OC(=O)N(C)c1ccccc1CN(C(=O)OC(C)(C)C)C(C)C. The molecule has 0 aliphatic heterocycles. The number of alkyl halides is 1. The van der Waals surface area contributed by atoms with Crippen LogP contribution in [0.25, 0.3) is 0 Å². The number of carbonyl (C=O) groups is 2. The van der Waals surface area contributed by atoms with Crippen LogP contribution >= 0.6 is 11.6 Å². The summed E-state index contributed by atoms with van der Waals surface area (Å²) in [6.45, 7) is 11.2. The van der Waals surface area contributed by atoms with Gasteiger partial charge in [-0.25, -0.2) is 9.59 Å². The van der Waals surface area contributed by atoms with Crippen molar-refractivity contribution in [2.75, 3.05) is 11.9 Å². The van der Waals surface area contributed by atoms with Crippen LogP contribution in [-0.4, -0.2) is 41.3 Å². The largest absolute Gasteiger partial charge is 0.444 e. The first-order chi connectivity index (χ1) is 11.9. The molecule has 1 aromatic carbocycles. The van der Waals surface area contributed by atoms with Crippen molar-refractivity contribution < 1.29 is 19.1 Å². The Balaban J connectivity index is 3.07. The fourth-order valence-electron chi connectivity index (χ4n) is 2.25. The molecule has 0 bridgehead atoms. The summed E-state index contributed by atoms with van der Waals surface area (Å²) in [5, 5.41) is 0. The molecule has 0 fully saturated rings. The molecule has 2 amide bonds. The van der Waals surface area contributed by atoms with Crippen LogP contribution in [-0.2, 0) is 16.0 Å². The Morgan fingerprint density at radius 2 is 1.69 bits per heavy atom. The van der Waals surface area contributed by atoms with Crippen LogP contribution in [0.15, 0.2) is 24.3 Å². The highest BCUT2D eigenvalue weighted by Gasteiger charge is 2.26. The van der Waals surface area contributed by atoms with E-state index in [9.17, 15) is 9.59 Å². The molecule has 26 heavy (non-hydrogen) atoms. The molecule has 1 rings (SSSR count). The van der Waals surface area contributed by atoms with Crippen molar-refractivity contribution in [1.29, 1.82) is 0 Å². The molecule has 0 radical (unpaired) electrons. The van der Waals surface area contributed by atoms with E-state index >= 15 is 0 Å². The summed E-state index contributed by atoms with van der Waals surface area (Å²) in [7, 11) is 1.60. The minimum Gasteiger partial charge on any atom is -0.444 e. The van der Waals surface area contributed by atoms with Gasteiger partial charge in [0.25, 0.3) is 0 Å². The predicted molar refractivity (Wildman–Crippen MR) is 104 cm³/mol. The van der Waals surface area contributed by atoms with Gasteiger partial charge < -0.3 is 14.4 Å². The van der Waals surface area contributed by atoms with Crippen molar-refractivity contribution in [3.05, 3.63) is 29.8 Å². The average molecular weight is 385 g/mol. The molecule has 0 aliphatic carbocycles. The maximum absolute atomic E-state index is 12.5. The Labute approximate surface area is 161 Å². The Kier molecular flexibility index (Phi) is 7.75. The molecule has 1 atom stereocenters. The molecule has 0 saturated heterocycles. The zero-order valence-corrected chi connectivity index (χ0v) is 17.3. The van der Waals surface area contributed by atoms with Crippen LogP contribution in [0.2, 0.25) is 0 Å². The van der Waals surface area contributed by atoms with Crippen molar-refractivity contribution in [3.63, 3.8) is 0 Å². The van der Waals surface area contributed by atoms with Gasteiger partial charge in [0.2, 0.25) is 0 Å². The summed E-state index contributed by atoms with van der Waals surface area (Å²) >= 11 is 5.73. The maximum Gasteiger partial charge on any atom is 0.415 e. The van der Waals surface area contributed by atoms with E-state index in [4.69, 9.17) is 21.1 Å². The van der Waals surface area contributed by atoms with Crippen LogP contribution in [0.3, 0.4) is 0 Å². The van der Waals surface area contributed by atoms with Crippen LogP contribution in [0, 0.1) is 0 Å². The van der Waals surface area contributed by atoms with Gasteiger partial charge in [0.05, 0.1) is 12.2 Å². The quantitative estimate of drug-likeness (QED) is 0.671. The number of rotatable bonds is 5. The van der Waals surface area contributed by atoms with E-state index in [2.05, 4.69) is 0 Å². The molecule has 1 unspecified atom stereocenters. The smallest absolute Gasteiger partial charge is 0.415 e. The van der Waals surface area contributed by atoms with Crippen molar-refractivity contribution in [2.24, 2.45) is 0 Å². The molecule has 0 spiro atoms. The number of hydrogen-bond acceptors (Lipinski definition) is 4. The standard InChI is InChI=1S/C19H29ClN2O4/c1-13(2)22(18(24)26-19(4,5)6)12-15-10-8-9-11-16(15)21(7)17(23)25-14(3)20/h8-11,13-14H,12H2,1-7H3. The molecule has 0 aromatic heterocycles. The topological polar surface area (TPSA) is 59.1 Å². The third kappa shape index (κ3) is 6.75. The van der Waals surface area contributed by atoms with Gasteiger partial charge in [-0.15, -0.1) is 0 Å².